The van der Waals surface area contributed by atoms with Crippen LogP contribution in [-0.4, -0.2) is 24.1 Å². The molecule has 0 aliphatic heterocycles. The van der Waals surface area contributed by atoms with Crippen molar-refractivity contribution in [2.45, 2.75) is 19.9 Å². The first-order chi connectivity index (χ1) is 14.0. The van der Waals surface area contributed by atoms with Crippen LogP contribution < -0.4 is 10.7 Å². The average molecular weight is 408 g/mol. The predicted molar refractivity (Wildman–Crippen MR) is 117 cm³/mol. The normalized spacial score (nSPS) is 12.3. The quantitative estimate of drug-likeness (QED) is 0.469. The molecule has 2 N–H and O–H groups in total. The molecule has 0 bridgehead atoms. The Morgan fingerprint density at radius 2 is 1.72 bits per heavy atom. The topological polar surface area (TPSA) is 70.6 Å². The predicted octanol–water partition coefficient (Wildman–Crippen LogP) is 4.40. The highest BCUT2D eigenvalue weighted by Crippen LogP contribution is 2.17. The van der Waals surface area contributed by atoms with Gasteiger partial charge in [-0.1, -0.05) is 74.0 Å². The highest BCUT2D eigenvalue weighted by Gasteiger charge is 2.24. The Bertz CT molecular complexity index is 1060. The van der Waals surface area contributed by atoms with Crippen molar-refractivity contribution in [3.05, 3.63) is 82.9 Å². The molecule has 3 aromatic rings. The van der Waals surface area contributed by atoms with E-state index in [2.05, 4.69) is 15.8 Å². The molecule has 3 rings (SSSR count). The van der Waals surface area contributed by atoms with Crippen LogP contribution in [0.1, 0.15) is 29.8 Å². The number of carbonyl (C=O) groups is 2. The first-order valence-electron chi connectivity index (χ1n) is 9.33. The number of hydrogen-bond acceptors (Lipinski definition) is 3. The maximum atomic E-state index is 12.6. The number of benzene rings is 3. The molecular weight excluding hydrogens is 386 g/mol. The van der Waals surface area contributed by atoms with Gasteiger partial charge in [-0.15, -0.1) is 0 Å². The lowest BCUT2D eigenvalue weighted by Crippen LogP contribution is -2.48. The van der Waals surface area contributed by atoms with E-state index >= 15 is 0 Å². The zero-order valence-corrected chi connectivity index (χ0v) is 17.0. The third-order valence-electron chi connectivity index (χ3n) is 4.52. The zero-order valence-electron chi connectivity index (χ0n) is 16.2. The first kappa shape index (κ1) is 20.6. The molecular formula is C23H22ClN3O2. The molecule has 0 spiro atoms. The largest absolute Gasteiger partial charge is 0.340 e. The van der Waals surface area contributed by atoms with Crippen molar-refractivity contribution in [2.24, 2.45) is 11.0 Å². The number of nitrogens with one attached hydrogen (secondary N) is 2. The second-order valence-electron chi connectivity index (χ2n) is 7.01. The van der Waals surface area contributed by atoms with Crippen LogP contribution in [0.2, 0.25) is 5.02 Å². The molecule has 29 heavy (non-hydrogen) atoms. The summed E-state index contributed by atoms with van der Waals surface area (Å²) in [6.45, 7) is 3.72. The lowest BCUT2D eigenvalue weighted by atomic mass is 10.0. The highest BCUT2D eigenvalue weighted by molar-refractivity contribution is 6.31. The van der Waals surface area contributed by atoms with Gasteiger partial charge in [-0.3, -0.25) is 9.59 Å². The second kappa shape index (κ2) is 9.34. The van der Waals surface area contributed by atoms with Crippen LogP contribution in [0.15, 0.2) is 71.8 Å². The molecule has 6 heteroatoms. The minimum absolute atomic E-state index is 0.120. The molecule has 0 aliphatic carbocycles. The third-order valence-corrected chi connectivity index (χ3v) is 4.76. The smallest absolute Gasteiger partial charge is 0.262 e. The summed E-state index contributed by atoms with van der Waals surface area (Å²) in [5.41, 5.74) is 3.83. The van der Waals surface area contributed by atoms with Crippen LogP contribution >= 0.6 is 11.6 Å². The van der Waals surface area contributed by atoms with Gasteiger partial charge in [-0.2, -0.15) is 5.10 Å². The molecule has 2 amide bonds. The monoisotopic (exact) mass is 407 g/mol. The van der Waals surface area contributed by atoms with Crippen LogP contribution in [0.5, 0.6) is 0 Å². The van der Waals surface area contributed by atoms with Crippen molar-refractivity contribution in [2.75, 3.05) is 0 Å². The van der Waals surface area contributed by atoms with E-state index in [0.29, 0.717) is 10.6 Å². The van der Waals surface area contributed by atoms with E-state index in [1.165, 1.54) is 0 Å². The lowest BCUT2D eigenvalue weighted by molar-refractivity contribution is -0.123. The fraction of sp³-hybridized carbons (Fsp3) is 0.174. The minimum Gasteiger partial charge on any atom is -0.340 e. The Hall–Kier alpha value is -3.18. The summed E-state index contributed by atoms with van der Waals surface area (Å²) < 4.78 is 0. The number of carbonyl (C=O) groups excluding carboxylic acids is 2. The van der Waals surface area contributed by atoms with E-state index in [0.717, 1.165) is 16.3 Å². The molecule has 0 aromatic heterocycles. The summed E-state index contributed by atoms with van der Waals surface area (Å²) >= 11 is 5.94. The Balaban J connectivity index is 1.69. The number of hydrogen-bond donors (Lipinski definition) is 2. The average Bonchev–Trinajstić information content (AvgIpc) is 2.71. The van der Waals surface area contributed by atoms with E-state index in [1.54, 1.807) is 30.5 Å². The van der Waals surface area contributed by atoms with Gasteiger partial charge in [-0.05, 0) is 34.9 Å². The van der Waals surface area contributed by atoms with Crippen LogP contribution in [0.3, 0.4) is 0 Å². The number of nitrogens with zero attached hydrogens (tertiary/aromatic N) is 1. The van der Waals surface area contributed by atoms with Gasteiger partial charge in [0.2, 0.25) is 0 Å². The molecule has 1 unspecified atom stereocenters. The molecule has 0 heterocycles. The van der Waals surface area contributed by atoms with Crippen LogP contribution in [0, 0.1) is 5.92 Å². The van der Waals surface area contributed by atoms with Gasteiger partial charge >= 0.3 is 0 Å². The van der Waals surface area contributed by atoms with E-state index in [-0.39, 0.29) is 17.7 Å². The van der Waals surface area contributed by atoms with Crippen molar-refractivity contribution >= 4 is 40.4 Å². The molecule has 0 saturated heterocycles. The standard InChI is InChI=1S/C23H22ClN3O2/c1-15(2)21(26-22(28)17-9-6-11-19(24)13-17)23(29)27-25-14-18-10-5-8-16-7-3-4-12-20(16)18/h3-15,21H,1-2H3,(H,26,28)(H,27,29). The summed E-state index contributed by atoms with van der Waals surface area (Å²) in [5, 5.41) is 9.45. The fourth-order valence-corrected chi connectivity index (χ4v) is 3.18. The zero-order chi connectivity index (χ0) is 20.8. The maximum absolute atomic E-state index is 12.6. The number of fused-ring (bicyclic) bond motifs is 1. The Kier molecular flexibility index (Phi) is 6.62. The second-order valence-corrected chi connectivity index (χ2v) is 7.44. The van der Waals surface area contributed by atoms with Gasteiger partial charge in [0, 0.05) is 16.1 Å². The number of hydrazone groups is 1. The number of rotatable bonds is 6. The van der Waals surface area contributed by atoms with E-state index in [1.807, 2.05) is 56.3 Å². The third kappa shape index (κ3) is 5.21. The lowest BCUT2D eigenvalue weighted by Gasteiger charge is -2.20. The minimum atomic E-state index is -0.730. The molecule has 3 aromatic carbocycles. The number of halogens is 1. The number of amides is 2. The van der Waals surface area contributed by atoms with Crippen molar-refractivity contribution in [1.82, 2.24) is 10.7 Å². The molecule has 1 atom stereocenters. The fourth-order valence-electron chi connectivity index (χ4n) is 2.99. The van der Waals surface area contributed by atoms with Crippen molar-refractivity contribution in [1.29, 1.82) is 0 Å². The Labute approximate surface area is 174 Å². The molecule has 148 valence electrons. The van der Waals surface area contributed by atoms with Crippen molar-refractivity contribution < 1.29 is 9.59 Å². The van der Waals surface area contributed by atoms with Crippen molar-refractivity contribution in [3.63, 3.8) is 0 Å². The van der Waals surface area contributed by atoms with Gasteiger partial charge < -0.3 is 5.32 Å². The van der Waals surface area contributed by atoms with Gasteiger partial charge in [0.15, 0.2) is 0 Å². The summed E-state index contributed by atoms with van der Waals surface area (Å²) in [5.74, 6) is -0.864. The van der Waals surface area contributed by atoms with Crippen LogP contribution in [0.25, 0.3) is 10.8 Å². The summed E-state index contributed by atoms with van der Waals surface area (Å²) in [6, 6.07) is 19.7. The molecule has 0 aliphatic rings. The van der Waals surface area contributed by atoms with Crippen LogP contribution in [0.4, 0.5) is 0 Å². The summed E-state index contributed by atoms with van der Waals surface area (Å²) in [6.07, 6.45) is 1.61. The molecule has 0 fully saturated rings. The van der Waals surface area contributed by atoms with Gasteiger partial charge in [0.1, 0.15) is 6.04 Å². The molecule has 0 radical (unpaired) electrons. The Morgan fingerprint density at radius 1 is 1.00 bits per heavy atom. The first-order valence-corrected chi connectivity index (χ1v) is 9.70. The molecule has 0 saturated carbocycles. The van der Waals surface area contributed by atoms with E-state index in [9.17, 15) is 9.59 Å². The van der Waals surface area contributed by atoms with Gasteiger partial charge in [0.05, 0.1) is 6.21 Å². The summed E-state index contributed by atoms with van der Waals surface area (Å²) in [7, 11) is 0. The van der Waals surface area contributed by atoms with Crippen molar-refractivity contribution in [3.8, 4) is 0 Å². The highest BCUT2D eigenvalue weighted by atomic mass is 35.5. The van der Waals surface area contributed by atoms with Crippen LogP contribution in [-0.2, 0) is 4.79 Å². The van der Waals surface area contributed by atoms with E-state index in [4.69, 9.17) is 11.6 Å². The SMILES string of the molecule is CC(C)C(NC(=O)c1cccc(Cl)c1)C(=O)NN=Cc1cccc2ccccc12. The molecule has 5 nitrogen and oxygen atoms in total. The van der Waals surface area contributed by atoms with Gasteiger partial charge in [-0.25, -0.2) is 5.43 Å². The summed E-state index contributed by atoms with van der Waals surface area (Å²) in [4.78, 5) is 25.1. The maximum Gasteiger partial charge on any atom is 0.262 e. The van der Waals surface area contributed by atoms with Gasteiger partial charge in [0.25, 0.3) is 11.8 Å². The van der Waals surface area contributed by atoms with E-state index < -0.39 is 6.04 Å². The Morgan fingerprint density at radius 3 is 2.48 bits per heavy atom.